The zero-order chi connectivity index (χ0) is 24.6. The fourth-order valence-electron chi connectivity index (χ4n) is 6.06. The Balaban J connectivity index is 1.49. The molecule has 4 heterocycles. The van der Waals surface area contributed by atoms with Crippen molar-refractivity contribution < 1.29 is 9.59 Å². The predicted molar refractivity (Wildman–Crippen MR) is 141 cm³/mol. The second kappa shape index (κ2) is 10.4. The molecule has 2 amide bonds. The Bertz CT molecular complexity index is 998. The van der Waals surface area contributed by atoms with Gasteiger partial charge in [-0.1, -0.05) is 26.3 Å². The van der Waals surface area contributed by atoms with E-state index in [-0.39, 0.29) is 17.7 Å². The second-order valence-corrected chi connectivity index (χ2v) is 12.2. The summed E-state index contributed by atoms with van der Waals surface area (Å²) in [4.78, 5) is 37.6. The van der Waals surface area contributed by atoms with E-state index in [9.17, 15) is 9.59 Å². The van der Waals surface area contributed by atoms with Gasteiger partial charge in [0.15, 0.2) is 0 Å². The van der Waals surface area contributed by atoms with Gasteiger partial charge in [-0.3, -0.25) is 9.59 Å². The molecule has 3 aliphatic heterocycles. The Morgan fingerprint density at radius 2 is 1.79 bits per heavy atom. The van der Waals surface area contributed by atoms with E-state index in [0.29, 0.717) is 24.9 Å². The zero-order valence-corrected chi connectivity index (χ0v) is 22.6. The monoisotopic (exact) mass is 483 g/mol. The van der Waals surface area contributed by atoms with Crippen molar-refractivity contribution in [2.24, 2.45) is 22.7 Å². The molecule has 5 nitrogen and oxygen atoms in total. The van der Waals surface area contributed by atoms with Gasteiger partial charge in [0, 0.05) is 35.1 Å². The minimum atomic E-state index is -0.317. The SMILES string of the molecule is CC1=CC(C)=NC(=O)C1CN1CCCc2sc([C@H](C)C3CCN(CC(C)C)CC3)c(C)c2C1=O. The maximum Gasteiger partial charge on any atom is 0.255 e. The van der Waals surface area contributed by atoms with Crippen molar-refractivity contribution in [2.45, 2.75) is 73.1 Å². The summed E-state index contributed by atoms with van der Waals surface area (Å²) in [6, 6.07) is 0. The molecule has 4 rings (SSSR count). The van der Waals surface area contributed by atoms with Crippen LogP contribution in [0, 0.1) is 24.7 Å². The number of amides is 2. The number of piperidine rings is 1. The number of carbonyl (C=O) groups excluding carboxylic acids is 2. The average molecular weight is 484 g/mol. The van der Waals surface area contributed by atoms with Crippen LogP contribution in [0.4, 0.5) is 0 Å². The molecule has 1 aromatic heterocycles. The number of nitrogens with zero attached hydrogens (tertiary/aromatic N) is 3. The highest BCUT2D eigenvalue weighted by atomic mass is 32.1. The van der Waals surface area contributed by atoms with E-state index in [1.54, 1.807) is 0 Å². The van der Waals surface area contributed by atoms with Gasteiger partial charge in [0.05, 0.1) is 11.5 Å². The first kappa shape index (κ1) is 25.3. The number of likely N-dealkylation sites (tertiary alicyclic amines) is 1. The number of aliphatic imine (C=N–C) groups is 1. The second-order valence-electron chi connectivity index (χ2n) is 11.1. The highest BCUT2D eigenvalue weighted by Crippen LogP contribution is 2.42. The van der Waals surface area contributed by atoms with Crippen LogP contribution in [-0.2, 0) is 11.2 Å². The number of hydrogen-bond acceptors (Lipinski definition) is 4. The third-order valence-corrected chi connectivity index (χ3v) is 9.49. The number of hydrogen-bond donors (Lipinski definition) is 0. The number of fused-ring (bicyclic) bond motifs is 1. The fraction of sp³-hybridized carbons (Fsp3) is 0.679. The summed E-state index contributed by atoms with van der Waals surface area (Å²) in [6.07, 6.45) is 6.36. The van der Waals surface area contributed by atoms with Gasteiger partial charge >= 0.3 is 0 Å². The normalized spacial score (nSPS) is 23.6. The van der Waals surface area contributed by atoms with Crippen molar-refractivity contribution in [3.05, 3.63) is 32.5 Å². The summed E-state index contributed by atoms with van der Waals surface area (Å²) in [6.45, 7) is 17.7. The van der Waals surface area contributed by atoms with Gasteiger partial charge in [0.2, 0.25) is 0 Å². The molecule has 1 aromatic rings. The smallest absolute Gasteiger partial charge is 0.255 e. The van der Waals surface area contributed by atoms with Crippen LogP contribution < -0.4 is 0 Å². The molecule has 0 aromatic carbocycles. The van der Waals surface area contributed by atoms with Crippen LogP contribution in [0.1, 0.15) is 85.5 Å². The highest BCUT2D eigenvalue weighted by molar-refractivity contribution is 7.12. The number of aryl methyl sites for hydroxylation is 1. The van der Waals surface area contributed by atoms with Crippen molar-refractivity contribution in [2.75, 3.05) is 32.7 Å². The van der Waals surface area contributed by atoms with Gasteiger partial charge in [-0.25, -0.2) is 4.99 Å². The quantitative estimate of drug-likeness (QED) is 0.538. The molecule has 0 aliphatic carbocycles. The van der Waals surface area contributed by atoms with E-state index < -0.39 is 0 Å². The molecule has 186 valence electrons. The average Bonchev–Trinajstić information content (AvgIpc) is 3.01. The van der Waals surface area contributed by atoms with Crippen LogP contribution in [0.25, 0.3) is 0 Å². The van der Waals surface area contributed by atoms with Gasteiger partial charge in [0.1, 0.15) is 0 Å². The van der Waals surface area contributed by atoms with Crippen molar-refractivity contribution in [3.8, 4) is 0 Å². The molecule has 1 fully saturated rings. The summed E-state index contributed by atoms with van der Waals surface area (Å²) < 4.78 is 0. The molecule has 0 N–H and O–H groups in total. The molecule has 3 aliphatic rings. The fourth-order valence-corrected chi connectivity index (χ4v) is 7.55. The number of thiophene rings is 1. The molecule has 6 heteroatoms. The van der Waals surface area contributed by atoms with Crippen molar-refractivity contribution in [1.29, 1.82) is 0 Å². The predicted octanol–water partition coefficient (Wildman–Crippen LogP) is 5.48. The lowest BCUT2D eigenvalue weighted by Crippen LogP contribution is -2.39. The van der Waals surface area contributed by atoms with Gasteiger partial charge in [-0.15, -0.1) is 11.3 Å². The van der Waals surface area contributed by atoms with Gasteiger partial charge in [0.25, 0.3) is 11.8 Å². The molecular weight excluding hydrogens is 442 g/mol. The van der Waals surface area contributed by atoms with Crippen LogP contribution in [0.5, 0.6) is 0 Å². The van der Waals surface area contributed by atoms with E-state index in [1.807, 2.05) is 36.2 Å². The number of allylic oxidation sites excluding steroid dienone is 1. The maximum atomic E-state index is 13.7. The van der Waals surface area contributed by atoms with Crippen LogP contribution in [0.15, 0.2) is 16.6 Å². The largest absolute Gasteiger partial charge is 0.337 e. The van der Waals surface area contributed by atoms with E-state index >= 15 is 0 Å². The maximum absolute atomic E-state index is 13.7. The summed E-state index contributed by atoms with van der Waals surface area (Å²) in [5, 5.41) is 0. The van der Waals surface area contributed by atoms with Crippen molar-refractivity contribution in [3.63, 3.8) is 0 Å². The minimum absolute atomic E-state index is 0.110. The lowest BCUT2D eigenvalue weighted by molar-refractivity contribution is -0.120. The van der Waals surface area contributed by atoms with E-state index in [1.165, 1.54) is 47.8 Å². The standard InChI is InChI=1S/C28H41N3O2S/c1-17(2)15-30-12-9-22(10-13-30)20(5)26-21(6)25-24(34-26)8-7-11-31(28(25)33)16-23-18(3)14-19(4)29-27(23)32/h14,17,20,22-23H,7-13,15-16H2,1-6H3/t20-,23?/m1/s1. The lowest BCUT2D eigenvalue weighted by atomic mass is 9.83. The van der Waals surface area contributed by atoms with E-state index in [0.717, 1.165) is 35.6 Å². The first-order chi connectivity index (χ1) is 16.2. The van der Waals surface area contributed by atoms with Crippen LogP contribution in [0.3, 0.4) is 0 Å². The Morgan fingerprint density at radius 1 is 1.09 bits per heavy atom. The number of carbonyl (C=O) groups is 2. The Morgan fingerprint density at radius 3 is 2.44 bits per heavy atom. The van der Waals surface area contributed by atoms with Gasteiger partial charge in [-0.2, -0.15) is 0 Å². The van der Waals surface area contributed by atoms with Crippen LogP contribution in [0.2, 0.25) is 0 Å². The van der Waals surface area contributed by atoms with Crippen molar-refractivity contribution in [1.82, 2.24) is 9.80 Å². The molecule has 0 saturated carbocycles. The Hall–Kier alpha value is -1.79. The molecule has 0 bridgehead atoms. The summed E-state index contributed by atoms with van der Waals surface area (Å²) in [5.74, 6) is 1.57. The molecule has 1 unspecified atom stereocenters. The lowest BCUT2D eigenvalue weighted by Gasteiger charge is -2.35. The van der Waals surface area contributed by atoms with Crippen LogP contribution >= 0.6 is 11.3 Å². The first-order valence-electron chi connectivity index (χ1n) is 13.1. The van der Waals surface area contributed by atoms with E-state index in [2.05, 4.69) is 37.6 Å². The van der Waals surface area contributed by atoms with Gasteiger partial charge < -0.3 is 9.80 Å². The Kier molecular flexibility index (Phi) is 7.78. The molecule has 34 heavy (non-hydrogen) atoms. The zero-order valence-electron chi connectivity index (χ0n) is 21.8. The third kappa shape index (κ3) is 5.23. The molecule has 2 atom stereocenters. The molecule has 0 radical (unpaired) electrons. The summed E-state index contributed by atoms with van der Waals surface area (Å²) in [7, 11) is 0. The molecule has 0 spiro atoms. The third-order valence-electron chi connectivity index (χ3n) is 7.94. The number of rotatable bonds is 6. The van der Waals surface area contributed by atoms with Gasteiger partial charge in [-0.05, 0) is 88.9 Å². The minimum Gasteiger partial charge on any atom is -0.337 e. The Labute approximate surface area is 209 Å². The topological polar surface area (TPSA) is 53.0 Å². The molecule has 1 saturated heterocycles. The summed E-state index contributed by atoms with van der Waals surface area (Å²) >= 11 is 1.88. The number of dihydropyridines is 1. The van der Waals surface area contributed by atoms with Crippen molar-refractivity contribution >= 4 is 28.9 Å². The molecular formula is C28H41N3O2S. The first-order valence-corrected chi connectivity index (χ1v) is 13.9. The summed E-state index contributed by atoms with van der Waals surface area (Å²) in [5.41, 5.74) is 3.87. The highest BCUT2D eigenvalue weighted by Gasteiger charge is 2.34. The van der Waals surface area contributed by atoms with Crippen LogP contribution in [-0.4, -0.2) is 60.0 Å². The van der Waals surface area contributed by atoms with E-state index in [4.69, 9.17) is 0 Å².